The first-order valence-electron chi connectivity index (χ1n) is 5.59. The molecule has 0 aliphatic rings. The Kier molecular flexibility index (Phi) is 4.01. The maximum Gasteiger partial charge on any atom is 0.335 e. The summed E-state index contributed by atoms with van der Waals surface area (Å²) in [5, 5.41) is 18.3. The predicted octanol–water partition coefficient (Wildman–Crippen LogP) is 3.25. The van der Waals surface area contributed by atoms with Gasteiger partial charge in [-0.1, -0.05) is 11.8 Å². The Balaban J connectivity index is 2.44. The van der Waals surface area contributed by atoms with Gasteiger partial charge in [-0.3, -0.25) is 0 Å². The third kappa shape index (κ3) is 2.95. The summed E-state index contributed by atoms with van der Waals surface area (Å²) in [7, 11) is 0. The molecule has 1 heterocycles. The third-order valence-corrected chi connectivity index (χ3v) is 3.54. The number of rotatable bonds is 3. The van der Waals surface area contributed by atoms with Gasteiger partial charge in [0.05, 0.1) is 16.0 Å². The fraction of sp³-hybridized carbons (Fsp3) is 0.0714. The summed E-state index contributed by atoms with van der Waals surface area (Å²) in [6, 6.07) is 8.78. The van der Waals surface area contributed by atoms with Crippen molar-refractivity contribution in [2.45, 2.75) is 16.8 Å². The molecule has 1 N–H and O–H groups in total. The van der Waals surface area contributed by atoms with Crippen molar-refractivity contribution in [1.29, 1.82) is 5.26 Å². The van der Waals surface area contributed by atoms with E-state index >= 15 is 0 Å². The minimum Gasteiger partial charge on any atom is -0.478 e. The fourth-order valence-electron chi connectivity index (χ4n) is 1.51. The highest BCUT2D eigenvalue weighted by Crippen LogP contribution is 2.31. The van der Waals surface area contributed by atoms with E-state index in [4.69, 9.17) is 10.4 Å². The molecule has 0 amide bonds. The predicted molar refractivity (Wildman–Crippen MR) is 71.2 cm³/mol. The van der Waals surface area contributed by atoms with Gasteiger partial charge < -0.3 is 5.11 Å². The Hall–Kier alpha value is -2.39. The van der Waals surface area contributed by atoms with E-state index in [9.17, 15) is 9.18 Å². The number of aromatic nitrogens is 1. The lowest BCUT2D eigenvalue weighted by Gasteiger charge is -2.06. The zero-order valence-electron chi connectivity index (χ0n) is 10.4. The molecule has 1 aromatic carbocycles. The lowest BCUT2D eigenvalue weighted by Crippen LogP contribution is -1.97. The van der Waals surface area contributed by atoms with E-state index < -0.39 is 11.8 Å². The van der Waals surface area contributed by atoms with Crippen LogP contribution in [0.2, 0.25) is 0 Å². The number of nitriles is 1. The first kappa shape index (κ1) is 14.0. The molecule has 0 fully saturated rings. The van der Waals surface area contributed by atoms with Crippen molar-refractivity contribution in [3.63, 3.8) is 0 Å². The van der Waals surface area contributed by atoms with Crippen molar-refractivity contribution >= 4 is 17.7 Å². The van der Waals surface area contributed by atoms with E-state index in [-0.39, 0.29) is 10.5 Å². The summed E-state index contributed by atoms with van der Waals surface area (Å²) in [5.74, 6) is -1.68. The zero-order valence-corrected chi connectivity index (χ0v) is 11.2. The second-order valence-electron chi connectivity index (χ2n) is 3.97. The number of nitrogens with zero attached hydrogens (tertiary/aromatic N) is 2. The van der Waals surface area contributed by atoms with Gasteiger partial charge in [0.1, 0.15) is 16.9 Å². The van der Waals surface area contributed by atoms with E-state index in [2.05, 4.69) is 4.98 Å². The molecule has 0 spiro atoms. The molecule has 0 radical (unpaired) electrons. The smallest absolute Gasteiger partial charge is 0.335 e. The number of aromatic carboxylic acids is 1. The number of halogens is 1. The molecule has 100 valence electrons. The van der Waals surface area contributed by atoms with Crippen LogP contribution in [0.15, 0.2) is 40.3 Å². The van der Waals surface area contributed by atoms with Crippen LogP contribution in [0.25, 0.3) is 0 Å². The van der Waals surface area contributed by atoms with Crippen LogP contribution in [-0.2, 0) is 0 Å². The number of carbonyl (C=O) groups is 1. The van der Waals surface area contributed by atoms with Crippen LogP contribution >= 0.6 is 11.8 Å². The molecule has 0 saturated carbocycles. The number of hydrogen-bond donors (Lipinski definition) is 1. The molecule has 1 aromatic heterocycles. The van der Waals surface area contributed by atoms with Gasteiger partial charge in [-0.2, -0.15) is 5.26 Å². The largest absolute Gasteiger partial charge is 0.478 e. The van der Waals surface area contributed by atoms with Gasteiger partial charge in [-0.15, -0.1) is 0 Å². The summed E-state index contributed by atoms with van der Waals surface area (Å²) in [6.45, 7) is 1.76. The molecule has 0 unspecified atom stereocenters. The first-order chi connectivity index (χ1) is 9.51. The first-order valence-corrected chi connectivity index (χ1v) is 6.41. The lowest BCUT2D eigenvalue weighted by molar-refractivity contribution is 0.0696. The summed E-state index contributed by atoms with van der Waals surface area (Å²) < 4.78 is 13.7. The van der Waals surface area contributed by atoms with E-state index in [1.54, 1.807) is 19.1 Å². The minimum atomic E-state index is -1.13. The van der Waals surface area contributed by atoms with Crippen LogP contribution < -0.4 is 0 Å². The molecular formula is C14H9FN2O2S. The van der Waals surface area contributed by atoms with Gasteiger partial charge >= 0.3 is 5.97 Å². The molecule has 2 rings (SSSR count). The minimum absolute atomic E-state index is 0.0138. The molecule has 0 atom stereocenters. The maximum absolute atomic E-state index is 13.7. The normalized spacial score (nSPS) is 10.1. The van der Waals surface area contributed by atoms with Crippen LogP contribution in [0.4, 0.5) is 4.39 Å². The van der Waals surface area contributed by atoms with Crippen LogP contribution in [0, 0.1) is 24.1 Å². The number of carboxylic acid groups (broad SMARTS) is 1. The summed E-state index contributed by atoms with van der Waals surface area (Å²) in [6.07, 6.45) is 0. The average molecular weight is 288 g/mol. The Labute approximate surface area is 118 Å². The molecule has 0 aliphatic carbocycles. The third-order valence-electron chi connectivity index (χ3n) is 2.50. The van der Waals surface area contributed by atoms with Gasteiger partial charge in [0.2, 0.25) is 0 Å². The summed E-state index contributed by atoms with van der Waals surface area (Å²) >= 11 is 0.939. The van der Waals surface area contributed by atoms with Crippen LogP contribution in [-0.4, -0.2) is 16.1 Å². The highest BCUT2D eigenvalue weighted by Gasteiger charge is 2.13. The molecule has 20 heavy (non-hydrogen) atoms. The molecule has 0 bridgehead atoms. The van der Waals surface area contributed by atoms with Gasteiger partial charge in [0.15, 0.2) is 0 Å². The van der Waals surface area contributed by atoms with Gasteiger partial charge in [0.25, 0.3) is 0 Å². The standard InChI is InChI=1S/C14H9FN2O2S/c1-8-2-3-10(7-16)13(17-8)20-12-6-9(14(18)19)4-5-11(12)15/h2-6H,1H3,(H,18,19). The van der Waals surface area contributed by atoms with Gasteiger partial charge in [-0.25, -0.2) is 14.2 Å². The summed E-state index contributed by atoms with van der Waals surface area (Å²) in [5.41, 5.74) is 1.00. The second-order valence-corrected chi connectivity index (χ2v) is 5.00. The number of carboxylic acids is 1. The molecule has 6 heteroatoms. The second kappa shape index (κ2) is 5.72. The number of hydrogen-bond acceptors (Lipinski definition) is 4. The lowest BCUT2D eigenvalue weighted by atomic mass is 10.2. The van der Waals surface area contributed by atoms with Crippen molar-refractivity contribution in [1.82, 2.24) is 4.98 Å². The van der Waals surface area contributed by atoms with Crippen molar-refractivity contribution in [3.05, 3.63) is 53.0 Å². The Morgan fingerprint density at radius 3 is 2.80 bits per heavy atom. The van der Waals surface area contributed by atoms with E-state index in [0.29, 0.717) is 16.3 Å². The highest BCUT2D eigenvalue weighted by molar-refractivity contribution is 7.99. The highest BCUT2D eigenvalue weighted by atomic mass is 32.2. The van der Waals surface area contributed by atoms with Crippen LogP contribution in [0.1, 0.15) is 21.6 Å². The number of aryl methyl sites for hydroxylation is 1. The van der Waals surface area contributed by atoms with E-state index in [1.165, 1.54) is 12.1 Å². The SMILES string of the molecule is Cc1ccc(C#N)c(Sc2cc(C(=O)O)ccc2F)n1. The van der Waals surface area contributed by atoms with Crippen molar-refractivity contribution in [2.24, 2.45) is 0 Å². The number of pyridine rings is 1. The molecular weight excluding hydrogens is 279 g/mol. The van der Waals surface area contributed by atoms with Gasteiger partial charge in [0, 0.05) is 5.69 Å². The van der Waals surface area contributed by atoms with E-state index in [1.807, 2.05) is 6.07 Å². The van der Waals surface area contributed by atoms with Crippen molar-refractivity contribution in [3.8, 4) is 6.07 Å². The molecule has 0 aliphatic heterocycles. The quantitative estimate of drug-likeness (QED) is 0.938. The monoisotopic (exact) mass is 288 g/mol. The van der Waals surface area contributed by atoms with Gasteiger partial charge in [-0.05, 0) is 37.3 Å². The zero-order chi connectivity index (χ0) is 14.7. The molecule has 2 aromatic rings. The van der Waals surface area contributed by atoms with Crippen molar-refractivity contribution < 1.29 is 14.3 Å². The van der Waals surface area contributed by atoms with E-state index in [0.717, 1.165) is 17.8 Å². The molecule has 4 nitrogen and oxygen atoms in total. The Morgan fingerprint density at radius 1 is 1.40 bits per heavy atom. The maximum atomic E-state index is 13.7. The Bertz CT molecular complexity index is 726. The fourth-order valence-corrected chi connectivity index (χ4v) is 2.49. The molecule has 0 saturated heterocycles. The summed E-state index contributed by atoms with van der Waals surface area (Å²) in [4.78, 5) is 15.2. The van der Waals surface area contributed by atoms with Crippen LogP contribution in [0.5, 0.6) is 0 Å². The van der Waals surface area contributed by atoms with Crippen LogP contribution in [0.3, 0.4) is 0 Å². The van der Waals surface area contributed by atoms with Crippen molar-refractivity contribution in [2.75, 3.05) is 0 Å². The Morgan fingerprint density at radius 2 is 2.15 bits per heavy atom. The topological polar surface area (TPSA) is 74.0 Å². The average Bonchev–Trinajstić information content (AvgIpc) is 2.41. The number of benzene rings is 1.